The van der Waals surface area contributed by atoms with Crippen molar-refractivity contribution in [2.24, 2.45) is 0 Å². The molecule has 0 radical (unpaired) electrons. The number of aromatic amines is 2. The van der Waals surface area contributed by atoms with Crippen molar-refractivity contribution in [1.82, 2.24) is 25.5 Å². The number of carbonyl (C=O) groups excluding carboxylic acids is 2. The van der Waals surface area contributed by atoms with Crippen molar-refractivity contribution in [3.8, 4) is 11.5 Å². The minimum absolute atomic E-state index is 0.156. The molecule has 2 unspecified atom stereocenters. The summed E-state index contributed by atoms with van der Waals surface area (Å²) >= 11 is 0. The summed E-state index contributed by atoms with van der Waals surface area (Å²) < 4.78 is 25.7. The number of hydrogen-bond donors (Lipinski definition) is 4. The van der Waals surface area contributed by atoms with Gasteiger partial charge in [-0.1, -0.05) is 30.4 Å². The van der Waals surface area contributed by atoms with Crippen molar-refractivity contribution in [2.45, 2.75) is 31.5 Å². The Morgan fingerprint density at radius 2 is 1.69 bits per heavy atom. The standard InChI is InChI=1S/C35H36FN5O4/c1-22(42)40-35(41-13-7-4-8-14-41,30-21-38-31-10-6-5-9-27(30)31)33(29-20-37-32-12-11-24(36)17-28(29)32)34(43)39-19-23-15-25(44-2)18-26(16-23)45-3/h4-7,9-12,15-18,20-21,33,37-38H,8,13-14,19H2,1-3H3,(H,39,43)(H,40,42). The molecule has 2 amide bonds. The van der Waals surface area contributed by atoms with Crippen molar-refractivity contribution in [2.75, 3.05) is 27.3 Å². The minimum atomic E-state index is -1.37. The summed E-state index contributed by atoms with van der Waals surface area (Å²) in [5, 5.41) is 7.82. The summed E-state index contributed by atoms with van der Waals surface area (Å²) in [7, 11) is 3.14. The number of nitrogens with one attached hydrogen (secondary N) is 4. The lowest BCUT2D eigenvalue weighted by Crippen LogP contribution is -2.64. The van der Waals surface area contributed by atoms with Crippen LogP contribution in [0.3, 0.4) is 0 Å². The van der Waals surface area contributed by atoms with Gasteiger partial charge in [-0.15, -0.1) is 0 Å². The number of ether oxygens (including phenoxy) is 2. The van der Waals surface area contributed by atoms with Crippen LogP contribution >= 0.6 is 0 Å². The average Bonchev–Trinajstić information content (AvgIpc) is 3.68. The van der Waals surface area contributed by atoms with Gasteiger partial charge < -0.3 is 30.1 Å². The second-order valence-electron chi connectivity index (χ2n) is 11.2. The molecule has 3 heterocycles. The van der Waals surface area contributed by atoms with E-state index in [4.69, 9.17) is 9.47 Å². The smallest absolute Gasteiger partial charge is 0.232 e. The van der Waals surface area contributed by atoms with E-state index >= 15 is 0 Å². The fourth-order valence-corrected chi connectivity index (χ4v) is 6.51. The fourth-order valence-electron chi connectivity index (χ4n) is 6.51. The van der Waals surface area contributed by atoms with E-state index in [0.29, 0.717) is 41.1 Å². The molecule has 5 aromatic rings. The quantitative estimate of drug-likeness (QED) is 0.157. The molecule has 0 bridgehead atoms. The highest BCUT2D eigenvalue weighted by molar-refractivity contribution is 5.95. The Bertz CT molecular complexity index is 1870. The maximum Gasteiger partial charge on any atom is 0.232 e. The van der Waals surface area contributed by atoms with Crippen LogP contribution in [0.5, 0.6) is 11.5 Å². The Morgan fingerprint density at radius 1 is 0.956 bits per heavy atom. The number of methoxy groups -OCH3 is 2. The molecule has 9 nitrogen and oxygen atoms in total. The molecule has 2 atom stereocenters. The minimum Gasteiger partial charge on any atom is -0.497 e. The highest BCUT2D eigenvalue weighted by Gasteiger charge is 2.52. The van der Waals surface area contributed by atoms with Gasteiger partial charge in [-0.05, 0) is 53.9 Å². The lowest BCUT2D eigenvalue weighted by molar-refractivity contribution is -0.132. The van der Waals surface area contributed by atoms with Crippen LogP contribution in [0, 0.1) is 5.82 Å². The van der Waals surface area contributed by atoms with Crippen molar-refractivity contribution < 1.29 is 23.5 Å². The molecule has 0 saturated heterocycles. The highest BCUT2D eigenvalue weighted by atomic mass is 19.1. The normalized spacial score (nSPS) is 15.5. The Balaban J connectivity index is 1.58. The number of benzene rings is 3. The molecule has 0 spiro atoms. The summed E-state index contributed by atoms with van der Waals surface area (Å²) in [6.45, 7) is 2.66. The number of aromatic nitrogens is 2. The molecule has 4 N–H and O–H groups in total. The molecule has 0 aliphatic carbocycles. The molecule has 0 saturated carbocycles. The van der Waals surface area contributed by atoms with Crippen molar-refractivity contribution in [3.63, 3.8) is 0 Å². The van der Waals surface area contributed by atoms with E-state index in [9.17, 15) is 14.0 Å². The first-order valence-corrected chi connectivity index (χ1v) is 14.9. The number of fused-ring (bicyclic) bond motifs is 2. The van der Waals surface area contributed by atoms with Crippen molar-refractivity contribution in [3.05, 3.63) is 108 Å². The summed E-state index contributed by atoms with van der Waals surface area (Å²) in [5.74, 6) is -0.923. The number of para-hydroxylation sites is 1. The van der Waals surface area contributed by atoms with Gasteiger partial charge in [0.25, 0.3) is 0 Å². The van der Waals surface area contributed by atoms with E-state index in [1.807, 2.05) is 48.7 Å². The maximum atomic E-state index is 14.9. The highest BCUT2D eigenvalue weighted by Crippen LogP contribution is 2.46. The summed E-state index contributed by atoms with van der Waals surface area (Å²) in [4.78, 5) is 36.9. The Labute approximate surface area is 260 Å². The van der Waals surface area contributed by atoms with Crippen LogP contribution in [0.25, 0.3) is 21.8 Å². The second-order valence-corrected chi connectivity index (χ2v) is 11.2. The lowest BCUT2D eigenvalue weighted by atomic mass is 9.77. The third-order valence-corrected chi connectivity index (χ3v) is 8.47. The number of amides is 2. The van der Waals surface area contributed by atoms with Gasteiger partial charge >= 0.3 is 0 Å². The Kier molecular flexibility index (Phi) is 8.32. The van der Waals surface area contributed by atoms with Crippen LogP contribution in [0.4, 0.5) is 4.39 Å². The van der Waals surface area contributed by atoms with Gasteiger partial charge in [0.2, 0.25) is 11.8 Å². The van der Waals surface area contributed by atoms with Crippen LogP contribution in [0.2, 0.25) is 0 Å². The first kappa shape index (κ1) is 30.0. The zero-order valence-electron chi connectivity index (χ0n) is 25.4. The summed E-state index contributed by atoms with van der Waals surface area (Å²) in [5.41, 5.74) is 2.23. The van der Waals surface area contributed by atoms with Crippen molar-refractivity contribution in [1.29, 1.82) is 0 Å². The van der Waals surface area contributed by atoms with E-state index in [1.165, 1.54) is 19.1 Å². The van der Waals surface area contributed by atoms with Crippen LogP contribution in [0.1, 0.15) is 36.0 Å². The van der Waals surface area contributed by atoms with Gasteiger partial charge in [0.1, 0.15) is 28.9 Å². The topological polar surface area (TPSA) is 111 Å². The van der Waals surface area contributed by atoms with E-state index in [-0.39, 0.29) is 18.4 Å². The molecule has 3 aromatic carbocycles. The number of nitrogens with zero attached hydrogens (tertiary/aromatic N) is 1. The maximum absolute atomic E-state index is 14.9. The summed E-state index contributed by atoms with van der Waals surface area (Å²) in [6.07, 6.45) is 8.47. The van der Waals surface area contributed by atoms with Crippen LogP contribution < -0.4 is 20.1 Å². The third kappa shape index (κ3) is 5.64. The number of carbonyl (C=O) groups is 2. The molecule has 0 fully saturated rings. The molecule has 1 aliphatic rings. The number of hydrogen-bond acceptors (Lipinski definition) is 5. The Morgan fingerprint density at radius 3 is 2.40 bits per heavy atom. The third-order valence-electron chi connectivity index (χ3n) is 8.47. The number of halogens is 1. The summed E-state index contributed by atoms with van der Waals surface area (Å²) in [6, 6.07) is 17.7. The second kappa shape index (κ2) is 12.5. The van der Waals surface area contributed by atoms with Gasteiger partial charge in [0, 0.05) is 72.4 Å². The zero-order valence-corrected chi connectivity index (χ0v) is 25.4. The van der Waals surface area contributed by atoms with Crippen molar-refractivity contribution >= 4 is 33.6 Å². The van der Waals surface area contributed by atoms with E-state index < -0.39 is 17.4 Å². The molecular weight excluding hydrogens is 573 g/mol. The first-order valence-electron chi connectivity index (χ1n) is 14.9. The van der Waals surface area contributed by atoms with Gasteiger partial charge in [0.15, 0.2) is 0 Å². The van der Waals surface area contributed by atoms with E-state index in [2.05, 4.69) is 31.6 Å². The van der Waals surface area contributed by atoms with Gasteiger partial charge in [0.05, 0.1) is 14.2 Å². The van der Waals surface area contributed by atoms with Crippen LogP contribution in [-0.4, -0.2) is 54.0 Å². The Hall–Kier alpha value is -5.09. The fraction of sp³-hybridized carbons (Fsp3) is 0.257. The predicted octanol–water partition coefficient (Wildman–Crippen LogP) is 5.46. The predicted molar refractivity (Wildman–Crippen MR) is 172 cm³/mol. The molecule has 232 valence electrons. The van der Waals surface area contributed by atoms with Gasteiger partial charge in [-0.2, -0.15) is 0 Å². The number of rotatable bonds is 10. The molecule has 2 aromatic heterocycles. The van der Waals surface area contributed by atoms with E-state index in [0.717, 1.165) is 28.5 Å². The SMILES string of the molecule is COc1cc(CNC(=O)C(c2c[nH]c3ccc(F)cc23)C(NC(C)=O)(c2c[nH]c3ccccc23)N2CC=CCC2)cc(OC)c1. The van der Waals surface area contributed by atoms with E-state index in [1.54, 1.807) is 32.5 Å². The zero-order chi connectivity index (χ0) is 31.6. The number of H-pyrrole nitrogens is 2. The molecule has 6 rings (SSSR count). The van der Waals surface area contributed by atoms with Crippen LogP contribution in [0.15, 0.2) is 85.2 Å². The monoisotopic (exact) mass is 609 g/mol. The molecule has 10 heteroatoms. The lowest BCUT2D eigenvalue weighted by Gasteiger charge is -2.49. The van der Waals surface area contributed by atoms with Gasteiger partial charge in [-0.25, -0.2) is 4.39 Å². The molecule has 45 heavy (non-hydrogen) atoms. The average molecular weight is 610 g/mol. The first-order chi connectivity index (χ1) is 21.8. The van der Waals surface area contributed by atoms with Crippen LogP contribution in [-0.2, 0) is 21.8 Å². The molecule has 1 aliphatic heterocycles. The molecular formula is C35H36FN5O4. The largest absolute Gasteiger partial charge is 0.497 e. The van der Waals surface area contributed by atoms with Gasteiger partial charge in [-0.3, -0.25) is 14.5 Å².